The lowest BCUT2D eigenvalue weighted by atomic mass is 9.99. The van der Waals surface area contributed by atoms with Gasteiger partial charge in [0.05, 0.1) is 31.4 Å². The zero-order valence-corrected chi connectivity index (χ0v) is 9.45. The first-order valence-corrected chi connectivity index (χ1v) is 5.57. The number of nitrogens with zero attached hydrogens (tertiary/aromatic N) is 2. The van der Waals surface area contributed by atoms with E-state index in [0.717, 1.165) is 5.56 Å². The molecule has 1 aromatic carbocycles. The van der Waals surface area contributed by atoms with E-state index in [1.807, 2.05) is 30.3 Å². The Morgan fingerprint density at radius 3 is 3.00 bits per heavy atom. The molecule has 4 heteroatoms. The number of hydrogen-bond acceptors (Lipinski definition) is 4. The molecule has 17 heavy (non-hydrogen) atoms. The molecule has 4 nitrogen and oxygen atoms in total. The van der Waals surface area contributed by atoms with Gasteiger partial charge in [0.2, 0.25) is 0 Å². The SMILES string of the molecule is N#CC1COCC1C=NOCc1ccccc1. The maximum absolute atomic E-state index is 8.84. The summed E-state index contributed by atoms with van der Waals surface area (Å²) in [5.41, 5.74) is 1.07. The van der Waals surface area contributed by atoms with Gasteiger partial charge < -0.3 is 9.57 Å². The van der Waals surface area contributed by atoms with E-state index in [1.165, 1.54) is 0 Å². The molecule has 0 radical (unpaired) electrons. The Bertz CT molecular complexity index is 411. The third-order valence-electron chi connectivity index (χ3n) is 2.69. The molecular weight excluding hydrogens is 216 g/mol. The summed E-state index contributed by atoms with van der Waals surface area (Å²) in [4.78, 5) is 5.18. The van der Waals surface area contributed by atoms with Crippen LogP contribution in [0.2, 0.25) is 0 Å². The number of rotatable bonds is 4. The molecule has 0 aromatic heterocycles. The molecule has 2 atom stereocenters. The second-order valence-electron chi connectivity index (χ2n) is 3.95. The maximum Gasteiger partial charge on any atom is 0.142 e. The van der Waals surface area contributed by atoms with Gasteiger partial charge in [-0.05, 0) is 5.56 Å². The Kier molecular flexibility index (Phi) is 4.11. The molecule has 1 saturated heterocycles. The van der Waals surface area contributed by atoms with Gasteiger partial charge in [-0.3, -0.25) is 0 Å². The van der Waals surface area contributed by atoms with E-state index in [-0.39, 0.29) is 11.8 Å². The first-order chi connectivity index (χ1) is 8.40. The summed E-state index contributed by atoms with van der Waals surface area (Å²) in [6, 6.07) is 12.0. The highest BCUT2D eigenvalue weighted by molar-refractivity contribution is 5.61. The Labute approximate surface area is 100 Å². The fraction of sp³-hybridized carbons (Fsp3) is 0.385. The summed E-state index contributed by atoms with van der Waals surface area (Å²) in [5, 5.41) is 12.7. The molecule has 0 saturated carbocycles. The molecule has 2 rings (SSSR count). The summed E-state index contributed by atoms with van der Waals surface area (Å²) in [6.07, 6.45) is 1.67. The van der Waals surface area contributed by atoms with E-state index < -0.39 is 0 Å². The van der Waals surface area contributed by atoms with Gasteiger partial charge in [-0.15, -0.1) is 0 Å². The molecule has 1 aromatic rings. The Hall–Kier alpha value is -1.86. The quantitative estimate of drug-likeness (QED) is 0.587. The van der Waals surface area contributed by atoms with Gasteiger partial charge >= 0.3 is 0 Å². The van der Waals surface area contributed by atoms with E-state index in [1.54, 1.807) is 6.21 Å². The van der Waals surface area contributed by atoms with Crippen LogP contribution in [0.15, 0.2) is 35.5 Å². The van der Waals surface area contributed by atoms with Crippen molar-refractivity contribution >= 4 is 6.21 Å². The van der Waals surface area contributed by atoms with Crippen LogP contribution in [0.4, 0.5) is 0 Å². The molecule has 2 unspecified atom stereocenters. The fourth-order valence-corrected chi connectivity index (χ4v) is 1.66. The average Bonchev–Trinajstić information content (AvgIpc) is 2.83. The maximum atomic E-state index is 8.84. The van der Waals surface area contributed by atoms with Crippen LogP contribution in [0.5, 0.6) is 0 Å². The lowest BCUT2D eigenvalue weighted by Crippen LogP contribution is -2.11. The van der Waals surface area contributed by atoms with Crippen molar-refractivity contribution < 1.29 is 9.57 Å². The highest BCUT2D eigenvalue weighted by Gasteiger charge is 2.26. The highest BCUT2D eigenvalue weighted by atomic mass is 16.6. The van der Waals surface area contributed by atoms with Crippen LogP contribution in [0.3, 0.4) is 0 Å². The second kappa shape index (κ2) is 6.02. The smallest absolute Gasteiger partial charge is 0.142 e. The normalized spacial score (nSPS) is 23.7. The van der Waals surface area contributed by atoms with Gasteiger partial charge in [-0.25, -0.2) is 0 Å². The van der Waals surface area contributed by atoms with Gasteiger partial charge in [-0.2, -0.15) is 5.26 Å². The Morgan fingerprint density at radius 1 is 1.41 bits per heavy atom. The van der Waals surface area contributed by atoms with Crippen LogP contribution in [0, 0.1) is 23.2 Å². The van der Waals surface area contributed by atoms with Crippen molar-refractivity contribution in [3.63, 3.8) is 0 Å². The molecule has 0 spiro atoms. The molecule has 1 aliphatic heterocycles. The van der Waals surface area contributed by atoms with Crippen LogP contribution in [0.1, 0.15) is 5.56 Å². The van der Waals surface area contributed by atoms with Crippen molar-refractivity contribution in [1.29, 1.82) is 5.26 Å². The van der Waals surface area contributed by atoms with Crippen molar-refractivity contribution in [3.05, 3.63) is 35.9 Å². The Morgan fingerprint density at radius 2 is 2.24 bits per heavy atom. The Balaban J connectivity index is 1.77. The minimum Gasteiger partial charge on any atom is -0.391 e. The van der Waals surface area contributed by atoms with Gasteiger partial charge in [0.15, 0.2) is 0 Å². The summed E-state index contributed by atoms with van der Waals surface area (Å²) in [6.45, 7) is 1.49. The van der Waals surface area contributed by atoms with Crippen molar-refractivity contribution in [2.75, 3.05) is 13.2 Å². The third-order valence-corrected chi connectivity index (χ3v) is 2.69. The first-order valence-electron chi connectivity index (χ1n) is 5.57. The molecule has 88 valence electrons. The molecule has 1 aliphatic rings. The van der Waals surface area contributed by atoms with Crippen LogP contribution >= 0.6 is 0 Å². The third kappa shape index (κ3) is 3.30. The number of benzene rings is 1. The summed E-state index contributed by atoms with van der Waals surface area (Å²) < 4.78 is 5.21. The van der Waals surface area contributed by atoms with Crippen molar-refractivity contribution in [1.82, 2.24) is 0 Å². The topological polar surface area (TPSA) is 54.6 Å². The fourth-order valence-electron chi connectivity index (χ4n) is 1.66. The highest BCUT2D eigenvalue weighted by Crippen LogP contribution is 2.17. The van der Waals surface area contributed by atoms with E-state index in [2.05, 4.69) is 11.2 Å². The summed E-state index contributed by atoms with van der Waals surface area (Å²) in [7, 11) is 0. The van der Waals surface area contributed by atoms with E-state index in [4.69, 9.17) is 14.8 Å². The first kappa shape index (κ1) is 11.6. The van der Waals surface area contributed by atoms with E-state index in [0.29, 0.717) is 19.8 Å². The number of ether oxygens (including phenoxy) is 1. The minimum atomic E-state index is -0.0981. The summed E-state index contributed by atoms with van der Waals surface area (Å²) in [5.74, 6) is -0.0464. The molecule has 1 fully saturated rings. The molecule has 1 heterocycles. The largest absolute Gasteiger partial charge is 0.391 e. The van der Waals surface area contributed by atoms with Gasteiger partial charge in [-0.1, -0.05) is 35.5 Å². The van der Waals surface area contributed by atoms with Gasteiger partial charge in [0, 0.05) is 5.92 Å². The molecule has 0 aliphatic carbocycles. The number of oxime groups is 1. The van der Waals surface area contributed by atoms with Gasteiger partial charge in [0.1, 0.15) is 6.61 Å². The molecule has 0 amide bonds. The summed E-state index contributed by atoms with van der Waals surface area (Å²) >= 11 is 0. The average molecular weight is 230 g/mol. The van der Waals surface area contributed by atoms with Gasteiger partial charge in [0.25, 0.3) is 0 Å². The van der Waals surface area contributed by atoms with Crippen molar-refractivity contribution in [2.45, 2.75) is 6.61 Å². The monoisotopic (exact) mass is 230 g/mol. The van der Waals surface area contributed by atoms with Crippen molar-refractivity contribution in [2.24, 2.45) is 17.0 Å². The second-order valence-corrected chi connectivity index (χ2v) is 3.95. The van der Waals surface area contributed by atoms with E-state index in [9.17, 15) is 0 Å². The predicted octanol–water partition coefficient (Wildman–Crippen LogP) is 1.98. The van der Waals surface area contributed by atoms with E-state index >= 15 is 0 Å². The molecule has 0 N–H and O–H groups in total. The zero-order chi connectivity index (χ0) is 11.9. The molecular formula is C13H14N2O2. The molecule has 0 bridgehead atoms. The minimum absolute atomic E-state index is 0.0516. The van der Waals surface area contributed by atoms with Crippen LogP contribution < -0.4 is 0 Å². The van der Waals surface area contributed by atoms with Crippen LogP contribution in [0.25, 0.3) is 0 Å². The van der Waals surface area contributed by atoms with Crippen molar-refractivity contribution in [3.8, 4) is 6.07 Å². The zero-order valence-electron chi connectivity index (χ0n) is 9.45. The lowest BCUT2D eigenvalue weighted by molar-refractivity contribution is 0.130. The standard InChI is InChI=1S/C13H14N2O2/c14-6-12-9-16-10-13(12)7-15-17-8-11-4-2-1-3-5-11/h1-5,7,12-13H,8-10H2. The number of hydrogen-bond donors (Lipinski definition) is 0. The van der Waals surface area contributed by atoms with Crippen LogP contribution in [-0.2, 0) is 16.2 Å². The number of nitriles is 1. The lowest BCUT2D eigenvalue weighted by Gasteiger charge is -2.03. The van der Waals surface area contributed by atoms with Crippen LogP contribution in [-0.4, -0.2) is 19.4 Å². The predicted molar refractivity (Wildman–Crippen MR) is 63.1 cm³/mol.